The maximum absolute atomic E-state index is 12.1. The first-order valence-electron chi connectivity index (χ1n) is 8.55. The first-order chi connectivity index (χ1) is 12.5. The number of benzene rings is 1. The summed E-state index contributed by atoms with van der Waals surface area (Å²) in [5, 5.41) is 9.52. The van der Waals surface area contributed by atoms with E-state index in [0.29, 0.717) is 38.1 Å². The van der Waals surface area contributed by atoms with Crippen molar-refractivity contribution < 1.29 is 18.8 Å². The molecule has 0 radical (unpaired) electrons. The number of hydrogen-bond acceptors (Lipinski definition) is 5. The minimum absolute atomic E-state index is 0.0571. The second-order valence-corrected chi connectivity index (χ2v) is 6.07. The number of carbonyl (C=O) groups excluding carboxylic acids is 2. The Hall–Kier alpha value is -2.67. The van der Waals surface area contributed by atoms with E-state index in [0.717, 1.165) is 22.6 Å². The van der Waals surface area contributed by atoms with E-state index in [4.69, 9.17) is 9.26 Å². The lowest BCUT2D eigenvalue weighted by Gasteiger charge is -2.07. The number of aromatic nitrogens is 1. The maximum atomic E-state index is 12.1. The molecule has 0 unspecified atom stereocenters. The van der Waals surface area contributed by atoms with Gasteiger partial charge in [-0.05, 0) is 38.0 Å². The highest BCUT2D eigenvalue weighted by Crippen LogP contribution is 2.15. The average molecular weight is 359 g/mol. The van der Waals surface area contributed by atoms with Crippen LogP contribution in [0.3, 0.4) is 0 Å². The Labute approximate surface area is 153 Å². The molecule has 0 aliphatic rings. The summed E-state index contributed by atoms with van der Waals surface area (Å²) in [5.74, 6) is 0.622. The molecule has 140 valence electrons. The molecule has 0 aliphatic heterocycles. The van der Waals surface area contributed by atoms with Crippen molar-refractivity contribution in [1.82, 2.24) is 10.5 Å². The first kappa shape index (κ1) is 19.7. The number of nitrogens with zero attached hydrogens (tertiary/aromatic N) is 1. The molecule has 0 saturated heterocycles. The summed E-state index contributed by atoms with van der Waals surface area (Å²) in [6.45, 7) is 4.70. The van der Waals surface area contributed by atoms with Crippen LogP contribution in [0.5, 0.6) is 0 Å². The standard InChI is InChI=1S/C19H25N3O4/c1-13-17(14(2)26-22-13)8-9-18(23)21-16-6-4-15(5-7-16)12-19(24)20-10-11-25-3/h4-7H,8-12H2,1-3H3,(H,20,24)(H,21,23). The van der Waals surface area contributed by atoms with Crippen LogP contribution in [0.2, 0.25) is 0 Å². The van der Waals surface area contributed by atoms with Gasteiger partial charge in [0.2, 0.25) is 11.8 Å². The van der Waals surface area contributed by atoms with Crippen LogP contribution < -0.4 is 10.6 Å². The number of hydrogen-bond donors (Lipinski definition) is 2. The quantitative estimate of drug-likeness (QED) is 0.669. The Bertz CT molecular complexity index is 718. The number of nitrogens with one attached hydrogen (secondary N) is 2. The van der Waals surface area contributed by atoms with Gasteiger partial charge in [-0.25, -0.2) is 0 Å². The van der Waals surface area contributed by atoms with Gasteiger partial charge in [0.25, 0.3) is 0 Å². The van der Waals surface area contributed by atoms with Crippen molar-refractivity contribution >= 4 is 17.5 Å². The summed E-state index contributed by atoms with van der Waals surface area (Å²) >= 11 is 0. The predicted molar refractivity (Wildman–Crippen MR) is 98.0 cm³/mol. The van der Waals surface area contributed by atoms with E-state index in [1.807, 2.05) is 26.0 Å². The number of amides is 2. The Balaban J connectivity index is 1.79. The summed E-state index contributed by atoms with van der Waals surface area (Å²) in [6.07, 6.45) is 1.24. The van der Waals surface area contributed by atoms with E-state index in [1.54, 1.807) is 19.2 Å². The van der Waals surface area contributed by atoms with Gasteiger partial charge in [-0.2, -0.15) is 0 Å². The minimum Gasteiger partial charge on any atom is -0.383 e. The molecular formula is C19H25N3O4. The van der Waals surface area contributed by atoms with Crippen molar-refractivity contribution in [3.63, 3.8) is 0 Å². The van der Waals surface area contributed by atoms with Gasteiger partial charge in [-0.15, -0.1) is 0 Å². The molecule has 0 aliphatic carbocycles. The fourth-order valence-corrected chi connectivity index (χ4v) is 2.57. The van der Waals surface area contributed by atoms with Gasteiger partial charge in [-0.3, -0.25) is 9.59 Å². The second kappa shape index (κ2) is 9.72. The lowest BCUT2D eigenvalue weighted by atomic mass is 10.1. The Morgan fingerprint density at radius 3 is 2.50 bits per heavy atom. The van der Waals surface area contributed by atoms with Crippen molar-refractivity contribution in [2.24, 2.45) is 0 Å². The molecule has 2 aromatic rings. The lowest BCUT2D eigenvalue weighted by molar-refractivity contribution is -0.120. The van der Waals surface area contributed by atoms with Gasteiger partial charge < -0.3 is 19.9 Å². The second-order valence-electron chi connectivity index (χ2n) is 6.07. The summed E-state index contributed by atoms with van der Waals surface area (Å²) in [6, 6.07) is 7.26. The summed E-state index contributed by atoms with van der Waals surface area (Å²) in [4.78, 5) is 23.9. The van der Waals surface area contributed by atoms with E-state index in [2.05, 4.69) is 15.8 Å². The third-order valence-electron chi connectivity index (χ3n) is 4.01. The topological polar surface area (TPSA) is 93.5 Å². The smallest absolute Gasteiger partial charge is 0.224 e. The lowest BCUT2D eigenvalue weighted by Crippen LogP contribution is -2.28. The van der Waals surface area contributed by atoms with Gasteiger partial charge in [0, 0.05) is 31.3 Å². The van der Waals surface area contributed by atoms with Crippen molar-refractivity contribution in [3.05, 3.63) is 46.8 Å². The van der Waals surface area contributed by atoms with Crippen molar-refractivity contribution in [1.29, 1.82) is 0 Å². The Morgan fingerprint density at radius 2 is 1.88 bits per heavy atom. The van der Waals surface area contributed by atoms with Crippen LogP contribution in [0.1, 0.15) is 29.0 Å². The molecule has 7 heteroatoms. The molecule has 1 heterocycles. The Morgan fingerprint density at radius 1 is 1.15 bits per heavy atom. The fraction of sp³-hybridized carbons (Fsp3) is 0.421. The van der Waals surface area contributed by atoms with E-state index < -0.39 is 0 Å². The molecule has 2 N–H and O–H groups in total. The van der Waals surface area contributed by atoms with Crippen LogP contribution in [0, 0.1) is 13.8 Å². The van der Waals surface area contributed by atoms with E-state index in [-0.39, 0.29) is 11.8 Å². The number of ether oxygens (including phenoxy) is 1. The Kier molecular flexibility index (Phi) is 7.35. The van der Waals surface area contributed by atoms with Crippen molar-refractivity contribution in [2.45, 2.75) is 33.1 Å². The van der Waals surface area contributed by atoms with Crippen molar-refractivity contribution in [2.75, 3.05) is 25.6 Å². The number of methoxy groups -OCH3 is 1. The zero-order valence-corrected chi connectivity index (χ0v) is 15.4. The molecule has 0 spiro atoms. The molecule has 0 bridgehead atoms. The number of aryl methyl sites for hydroxylation is 2. The van der Waals surface area contributed by atoms with Gasteiger partial charge in [0.1, 0.15) is 5.76 Å². The monoisotopic (exact) mass is 359 g/mol. The molecule has 7 nitrogen and oxygen atoms in total. The van der Waals surface area contributed by atoms with Gasteiger partial charge in [-0.1, -0.05) is 17.3 Å². The molecule has 0 saturated carbocycles. The first-order valence-corrected chi connectivity index (χ1v) is 8.55. The molecule has 1 aromatic heterocycles. The highest BCUT2D eigenvalue weighted by atomic mass is 16.5. The molecule has 2 amide bonds. The molecule has 26 heavy (non-hydrogen) atoms. The molecule has 0 atom stereocenters. The zero-order chi connectivity index (χ0) is 18.9. The summed E-state index contributed by atoms with van der Waals surface area (Å²) in [7, 11) is 1.59. The average Bonchev–Trinajstić information content (AvgIpc) is 2.93. The molecule has 2 rings (SSSR count). The van der Waals surface area contributed by atoms with E-state index in [1.165, 1.54) is 0 Å². The third kappa shape index (κ3) is 6.00. The normalized spacial score (nSPS) is 10.6. The van der Waals surface area contributed by atoms with Crippen molar-refractivity contribution in [3.8, 4) is 0 Å². The summed E-state index contributed by atoms with van der Waals surface area (Å²) in [5.41, 5.74) is 3.39. The van der Waals surface area contributed by atoms with Crippen LogP contribution in [0.25, 0.3) is 0 Å². The SMILES string of the molecule is COCCNC(=O)Cc1ccc(NC(=O)CCc2c(C)noc2C)cc1. The molecular weight excluding hydrogens is 334 g/mol. The van der Waals surface area contributed by atoms with Gasteiger partial charge in [0.15, 0.2) is 0 Å². The minimum atomic E-state index is -0.0740. The fourth-order valence-electron chi connectivity index (χ4n) is 2.57. The predicted octanol–water partition coefficient (Wildman–Crippen LogP) is 2.17. The van der Waals surface area contributed by atoms with E-state index in [9.17, 15) is 9.59 Å². The molecule has 0 fully saturated rings. The van der Waals surface area contributed by atoms with Crippen LogP contribution in [0.15, 0.2) is 28.8 Å². The zero-order valence-electron chi connectivity index (χ0n) is 15.4. The maximum Gasteiger partial charge on any atom is 0.224 e. The number of carbonyl (C=O) groups is 2. The highest BCUT2D eigenvalue weighted by molar-refractivity contribution is 5.91. The van der Waals surface area contributed by atoms with Gasteiger partial charge >= 0.3 is 0 Å². The summed E-state index contributed by atoms with van der Waals surface area (Å²) < 4.78 is 9.99. The van der Waals surface area contributed by atoms with E-state index >= 15 is 0 Å². The van der Waals surface area contributed by atoms with Crippen LogP contribution in [-0.2, 0) is 27.2 Å². The van der Waals surface area contributed by atoms with Gasteiger partial charge in [0.05, 0.1) is 18.7 Å². The molecule has 1 aromatic carbocycles. The highest BCUT2D eigenvalue weighted by Gasteiger charge is 2.11. The van der Waals surface area contributed by atoms with Crippen LogP contribution in [0.4, 0.5) is 5.69 Å². The van der Waals surface area contributed by atoms with Crippen LogP contribution in [-0.4, -0.2) is 37.2 Å². The number of rotatable bonds is 9. The third-order valence-corrected chi connectivity index (χ3v) is 4.01. The van der Waals surface area contributed by atoms with Crippen LogP contribution >= 0.6 is 0 Å². The largest absolute Gasteiger partial charge is 0.383 e. The number of anilines is 1.